The summed E-state index contributed by atoms with van der Waals surface area (Å²) in [4.78, 5) is 24.5. The number of hydrogen-bond acceptors (Lipinski definition) is 7. The van der Waals surface area contributed by atoms with E-state index >= 15 is 0 Å². The Morgan fingerprint density at radius 3 is 2.18 bits per heavy atom. The lowest BCUT2D eigenvalue weighted by molar-refractivity contribution is -0.0500. The Balaban J connectivity index is 2.63. The van der Waals surface area contributed by atoms with Gasteiger partial charge in [0.25, 0.3) is 0 Å². The topological polar surface area (TPSA) is 101 Å². The lowest BCUT2D eigenvalue weighted by Crippen LogP contribution is -2.29. The molecule has 0 atom stereocenters. The molecule has 0 N–H and O–H groups in total. The van der Waals surface area contributed by atoms with Gasteiger partial charge in [-0.3, -0.25) is 0 Å². The summed E-state index contributed by atoms with van der Waals surface area (Å²) >= 11 is 0. The van der Waals surface area contributed by atoms with Crippen molar-refractivity contribution in [2.75, 3.05) is 7.11 Å². The molecule has 154 valence electrons. The van der Waals surface area contributed by atoms with Crippen molar-refractivity contribution in [3.8, 4) is 5.75 Å². The summed E-state index contributed by atoms with van der Waals surface area (Å²) in [6.45, 7) is 4.70. The minimum absolute atomic E-state index is 0.107. The molecule has 0 amide bonds. The predicted molar refractivity (Wildman–Crippen MR) is 90.5 cm³/mol. The van der Waals surface area contributed by atoms with Gasteiger partial charge in [-0.05, 0) is 39.0 Å². The van der Waals surface area contributed by atoms with Crippen molar-refractivity contribution in [2.24, 2.45) is 0 Å². The number of benzene rings is 1. The van der Waals surface area contributed by atoms with E-state index in [4.69, 9.17) is 4.74 Å². The Labute approximate surface area is 157 Å². The first-order valence-corrected chi connectivity index (χ1v) is 9.05. The van der Waals surface area contributed by atoms with Gasteiger partial charge < -0.3 is 13.7 Å². The van der Waals surface area contributed by atoms with Crippen LogP contribution in [0.4, 0.5) is 18.0 Å². The van der Waals surface area contributed by atoms with E-state index in [1.54, 1.807) is 20.8 Å². The van der Waals surface area contributed by atoms with E-state index < -0.39 is 39.0 Å². The molecule has 1 heterocycles. The Bertz CT molecular complexity index is 1030. The minimum Gasteiger partial charge on any atom is -0.464 e. The van der Waals surface area contributed by atoms with Crippen molar-refractivity contribution in [3.05, 3.63) is 30.0 Å². The Hall–Kier alpha value is -2.76. The highest BCUT2D eigenvalue weighted by Crippen LogP contribution is 2.30. The molecule has 12 heteroatoms. The zero-order valence-electron chi connectivity index (χ0n) is 15.2. The van der Waals surface area contributed by atoms with Gasteiger partial charge in [0.2, 0.25) is 0 Å². The van der Waals surface area contributed by atoms with Gasteiger partial charge in [0.05, 0.1) is 12.6 Å². The monoisotopic (exact) mass is 423 g/mol. The quantitative estimate of drug-likeness (QED) is 0.423. The zero-order chi connectivity index (χ0) is 21.5. The lowest BCUT2D eigenvalue weighted by Gasteiger charge is -2.20. The molecule has 0 aliphatic carbocycles. The van der Waals surface area contributed by atoms with Crippen LogP contribution < -0.4 is 4.18 Å². The molecule has 0 saturated carbocycles. The third-order valence-corrected chi connectivity index (χ3v) is 4.21. The minimum atomic E-state index is -5.91. The van der Waals surface area contributed by atoms with Gasteiger partial charge in [-0.2, -0.15) is 21.6 Å². The average Bonchev–Trinajstić information content (AvgIpc) is 2.89. The summed E-state index contributed by atoms with van der Waals surface area (Å²) in [6, 6.07) is 4.25. The largest absolute Gasteiger partial charge is 0.534 e. The number of methoxy groups -OCH3 is 1. The normalized spacial score (nSPS) is 12.7. The number of carbonyl (C=O) groups excluding carboxylic acids is 2. The molecule has 0 fully saturated rings. The van der Waals surface area contributed by atoms with Crippen molar-refractivity contribution >= 4 is 33.1 Å². The van der Waals surface area contributed by atoms with E-state index in [1.165, 1.54) is 12.1 Å². The Kier molecular flexibility index (Phi) is 5.39. The van der Waals surface area contributed by atoms with Gasteiger partial charge in [-0.15, -0.1) is 0 Å². The van der Waals surface area contributed by atoms with Gasteiger partial charge in [0.1, 0.15) is 17.0 Å². The van der Waals surface area contributed by atoms with Gasteiger partial charge in [0, 0.05) is 11.5 Å². The van der Waals surface area contributed by atoms with Crippen LogP contribution in [0.1, 0.15) is 31.3 Å². The number of ether oxygens (including phenoxy) is 2. The summed E-state index contributed by atoms with van der Waals surface area (Å²) in [6.07, 6.45) is -1.02. The zero-order valence-corrected chi connectivity index (χ0v) is 16.0. The third-order valence-electron chi connectivity index (χ3n) is 3.24. The molecule has 1 aromatic carbocycles. The number of hydrogen-bond donors (Lipinski definition) is 0. The van der Waals surface area contributed by atoms with E-state index in [9.17, 15) is 31.2 Å². The first kappa shape index (κ1) is 21.5. The van der Waals surface area contributed by atoms with E-state index in [0.717, 1.165) is 23.8 Å². The van der Waals surface area contributed by atoms with Crippen molar-refractivity contribution in [1.82, 2.24) is 4.57 Å². The van der Waals surface area contributed by atoms with Crippen molar-refractivity contribution in [3.63, 3.8) is 0 Å². The van der Waals surface area contributed by atoms with Gasteiger partial charge in [-0.25, -0.2) is 14.2 Å². The van der Waals surface area contributed by atoms with Gasteiger partial charge >= 0.3 is 27.7 Å². The fourth-order valence-electron chi connectivity index (χ4n) is 2.17. The van der Waals surface area contributed by atoms with E-state index in [0.29, 0.717) is 0 Å². The molecule has 8 nitrogen and oxygen atoms in total. The molecular weight excluding hydrogens is 407 g/mol. The molecule has 28 heavy (non-hydrogen) atoms. The second-order valence-electron chi connectivity index (χ2n) is 6.54. The standard InChI is InChI=1S/C16H16F3NO7S/c1-15(2,3)26-14(22)20-11-8-10(27-28(23,24)16(17,18)19)6-5-9(11)7-12(20)13(21)25-4/h5-8H,1-4H3. The molecular formula is C16H16F3NO7S. The maximum atomic E-state index is 12.5. The van der Waals surface area contributed by atoms with Crippen LogP contribution in [0.3, 0.4) is 0 Å². The molecule has 2 aromatic rings. The van der Waals surface area contributed by atoms with Gasteiger partial charge in [-0.1, -0.05) is 0 Å². The highest BCUT2D eigenvalue weighted by molar-refractivity contribution is 7.88. The van der Waals surface area contributed by atoms with Crippen LogP contribution >= 0.6 is 0 Å². The maximum Gasteiger partial charge on any atom is 0.534 e. The molecule has 0 saturated heterocycles. The number of fused-ring (bicyclic) bond motifs is 1. The van der Waals surface area contributed by atoms with Crippen LogP contribution in [0.5, 0.6) is 5.75 Å². The number of rotatable bonds is 3. The van der Waals surface area contributed by atoms with Crippen LogP contribution in [0.25, 0.3) is 10.9 Å². The molecule has 0 aliphatic heterocycles. The molecule has 1 aromatic heterocycles. The summed E-state index contributed by atoms with van der Waals surface area (Å²) < 4.78 is 74.6. The van der Waals surface area contributed by atoms with E-state index in [2.05, 4.69) is 8.92 Å². The fraction of sp³-hybridized carbons (Fsp3) is 0.375. The molecule has 0 spiro atoms. The van der Waals surface area contributed by atoms with E-state index in [-0.39, 0.29) is 16.6 Å². The van der Waals surface area contributed by atoms with Crippen molar-refractivity contribution in [2.45, 2.75) is 31.9 Å². The van der Waals surface area contributed by atoms with Crippen molar-refractivity contribution in [1.29, 1.82) is 0 Å². The first-order valence-electron chi connectivity index (χ1n) is 7.64. The van der Waals surface area contributed by atoms with Gasteiger partial charge in [0.15, 0.2) is 0 Å². The summed E-state index contributed by atoms with van der Waals surface area (Å²) in [5.74, 6) is -1.61. The number of aromatic nitrogens is 1. The Morgan fingerprint density at radius 1 is 1.07 bits per heavy atom. The lowest BCUT2D eigenvalue weighted by atomic mass is 10.2. The van der Waals surface area contributed by atoms with Crippen LogP contribution in [0.15, 0.2) is 24.3 Å². The summed E-state index contributed by atoms with van der Waals surface area (Å²) in [7, 11) is -4.84. The third kappa shape index (κ3) is 4.38. The van der Waals surface area contributed by atoms with Crippen LogP contribution in [-0.4, -0.2) is 43.3 Å². The molecule has 0 radical (unpaired) electrons. The van der Waals surface area contributed by atoms with Crippen LogP contribution in [-0.2, 0) is 19.6 Å². The predicted octanol–water partition coefficient (Wildman–Crippen LogP) is 3.44. The fourth-order valence-corrected chi connectivity index (χ4v) is 2.62. The number of carbonyl (C=O) groups is 2. The number of nitrogens with zero attached hydrogens (tertiary/aromatic N) is 1. The second-order valence-corrected chi connectivity index (χ2v) is 8.08. The highest BCUT2D eigenvalue weighted by Gasteiger charge is 2.48. The molecule has 2 rings (SSSR count). The van der Waals surface area contributed by atoms with E-state index in [1.807, 2.05) is 0 Å². The number of esters is 1. The second kappa shape index (κ2) is 7.00. The summed E-state index contributed by atoms with van der Waals surface area (Å²) in [5, 5.41) is 0.239. The summed E-state index contributed by atoms with van der Waals surface area (Å²) in [5.41, 5.74) is -6.95. The Morgan fingerprint density at radius 2 is 1.68 bits per heavy atom. The van der Waals surface area contributed by atoms with Crippen molar-refractivity contribution < 1.29 is 44.8 Å². The maximum absolute atomic E-state index is 12.5. The smallest absolute Gasteiger partial charge is 0.464 e. The number of halogens is 3. The molecule has 0 bridgehead atoms. The van der Waals surface area contributed by atoms with Crippen LogP contribution in [0.2, 0.25) is 0 Å². The average molecular weight is 423 g/mol. The first-order chi connectivity index (χ1) is 12.7. The molecule has 0 unspecified atom stereocenters. The highest BCUT2D eigenvalue weighted by atomic mass is 32.2. The SMILES string of the molecule is COC(=O)c1cc2ccc(OS(=O)(=O)C(F)(F)F)cc2n1C(=O)OC(C)(C)C. The van der Waals surface area contributed by atoms with Crippen LogP contribution in [0, 0.1) is 0 Å². The number of alkyl halides is 3. The molecule has 0 aliphatic rings.